The van der Waals surface area contributed by atoms with E-state index in [0.29, 0.717) is 19.8 Å². The highest BCUT2D eigenvalue weighted by Crippen LogP contribution is 2.20. The minimum atomic E-state index is -0.849. The number of ether oxygens (including phenoxy) is 1. The van der Waals surface area contributed by atoms with Crippen LogP contribution in [0.4, 0.5) is 8.78 Å². The van der Waals surface area contributed by atoms with Gasteiger partial charge in [0.05, 0.1) is 13.2 Å². The second kappa shape index (κ2) is 5.73. The Labute approximate surface area is 106 Å². The zero-order chi connectivity index (χ0) is 13.1. The lowest BCUT2D eigenvalue weighted by atomic mass is 10.1. The molecule has 1 heterocycles. The molecule has 0 aliphatic carbocycles. The molecule has 5 heteroatoms. The first-order chi connectivity index (χ1) is 8.59. The highest BCUT2D eigenvalue weighted by atomic mass is 19.2. The maximum atomic E-state index is 13.6. The molecule has 0 bridgehead atoms. The number of hydrogen-bond donors (Lipinski definition) is 1. The van der Waals surface area contributed by atoms with Gasteiger partial charge in [-0.3, -0.25) is 4.90 Å². The molecule has 0 spiro atoms. The van der Waals surface area contributed by atoms with Gasteiger partial charge in [0.2, 0.25) is 0 Å². The van der Waals surface area contributed by atoms with Gasteiger partial charge in [0.25, 0.3) is 0 Å². The summed E-state index contributed by atoms with van der Waals surface area (Å²) in [5.74, 6) is -1.69. The van der Waals surface area contributed by atoms with Gasteiger partial charge in [0, 0.05) is 30.7 Å². The molecule has 0 saturated carbocycles. The second-order valence-electron chi connectivity index (χ2n) is 4.67. The minimum Gasteiger partial charge on any atom is -0.379 e. The first kappa shape index (κ1) is 13.4. The van der Waals surface area contributed by atoms with E-state index in [4.69, 9.17) is 10.5 Å². The fourth-order valence-corrected chi connectivity index (χ4v) is 2.19. The van der Waals surface area contributed by atoms with Gasteiger partial charge in [-0.2, -0.15) is 0 Å². The van der Waals surface area contributed by atoms with E-state index in [2.05, 4.69) is 4.90 Å². The molecular weight excluding hydrogens is 238 g/mol. The van der Waals surface area contributed by atoms with E-state index in [9.17, 15) is 8.78 Å². The van der Waals surface area contributed by atoms with Gasteiger partial charge in [-0.15, -0.1) is 0 Å². The minimum absolute atomic E-state index is 0.230. The van der Waals surface area contributed by atoms with Crippen molar-refractivity contribution in [3.8, 4) is 0 Å². The number of hydrogen-bond acceptors (Lipinski definition) is 3. The Morgan fingerprint density at radius 1 is 1.50 bits per heavy atom. The molecule has 2 rings (SSSR count). The number of rotatable bonds is 3. The van der Waals surface area contributed by atoms with Crippen molar-refractivity contribution in [2.45, 2.75) is 19.0 Å². The Bertz CT molecular complexity index is 414. The number of halogens is 2. The quantitative estimate of drug-likeness (QED) is 0.894. The van der Waals surface area contributed by atoms with E-state index in [0.717, 1.165) is 12.6 Å². The Morgan fingerprint density at radius 2 is 2.28 bits per heavy atom. The van der Waals surface area contributed by atoms with E-state index < -0.39 is 17.7 Å². The summed E-state index contributed by atoms with van der Waals surface area (Å²) in [4.78, 5) is 2.14. The third-order valence-corrected chi connectivity index (χ3v) is 3.32. The smallest absolute Gasteiger partial charge is 0.163 e. The Hall–Kier alpha value is -1.04. The van der Waals surface area contributed by atoms with Crippen LogP contribution in [0.25, 0.3) is 0 Å². The SMILES string of the molecule is CC1COCCN1CC(N)c1cccc(F)c1F. The molecule has 2 unspecified atom stereocenters. The first-order valence-corrected chi connectivity index (χ1v) is 6.11. The van der Waals surface area contributed by atoms with Crippen LogP contribution in [0.5, 0.6) is 0 Å². The van der Waals surface area contributed by atoms with E-state index >= 15 is 0 Å². The van der Waals surface area contributed by atoms with Crippen molar-refractivity contribution in [1.82, 2.24) is 4.90 Å². The zero-order valence-electron chi connectivity index (χ0n) is 10.4. The highest BCUT2D eigenvalue weighted by Gasteiger charge is 2.23. The molecule has 0 radical (unpaired) electrons. The van der Waals surface area contributed by atoms with Crippen molar-refractivity contribution >= 4 is 0 Å². The molecule has 100 valence electrons. The summed E-state index contributed by atoms with van der Waals surface area (Å²) in [6.07, 6.45) is 0. The molecule has 3 nitrogen and oxygen atoms in total. The molecule has 1 aromatic carbocycles. The maximum Gasteiger partial charge on any atom is 0.163 e. The highest BCUT2D eigenvalue weighted by molar-refractivity contribution is 5.22. The van der Waals surface area contributed by atoms with Crippen molar-refractivity contribution in [3.05, 3.63) is 35.4 Å². The standard InChI is InChI=1S/C13H18F2N2O/c1-9-8-18-6-5-17(9)7-12(16)10-3-2-4-11(14)13(10)15/h2-4,9,12H,5-8,16H2,1H3. The zero-order valence-corrected chi connectivity index (χ0v) is 10.4. The van der Waals surface area contributed by atoms with E-state index in [1.807, 2.05) is 6.92 Å². The fraction of sp³-hybridized carbons (Fsp3) is 0.538. The number of benzene rings is 1. The van der Waals surface area contributed by atoms with Gasteiger partial charge in [-0.25, -0.2) is 8.78 Å². The van der Waals surface area contributed by atoms with Crippen molar-refractivity contribution in [3.63, 3.8) is 0 Å². The summed E-state index contributed by atoms with van der Waals surface area (Å²) in [5, 5.41) is 0. The Balaban J connectivity index is 2.07. The molecule has 1 aliphatic heterocycles. The van der Waals surface area contributed by atoms with Crippen LogP contribution >= 0.6 is 0 Å². The molecule has 2 atom stereocenters. The van der Waals surface area contributed by atoms with Crippen LogP contribution in [0.1, 0.15) is 18.5 Å². The lowest BCUT2D eigenvalue weighted by Crippen LogP contribution is -2.46. The van der Waals surface area contributed by atoms with Gasteiger partial charge in [-0.1, -0.05) is 12.1 Å². The molecule has 2 N–H and O–H groups in total. The third kappa shape index (κ3) is 2.85. The monoisotopic (exact) mass is 256 g/mol. The topological polar surface area (TPSA) is 38.5 Å². The average molecular weight is 256 g/mol. The average Bonchev–Trinajstić information content (AvgIpc) is 2.35. The van der Waals surface area contributed by atoms with Gasteiger partial charge in [0.15, 0.2) is 11.6 Å². The molecule has 0 amide bonds. The molecule has 1 aromatic rings. The Kier molecular flexibility index (Phi) is 4.27. The van der Waals surface area contributed by atoms with Gasteiger partial charge in [0.1, 0.15) is 0 Å². The fourth-order valence-electron chi connectivity index (χ4n) is 2.19. The summed E-state index contributed by atoms with van der Waals surface area (Å²) < 4.78 is 32.1. The number of nitrogens with zero attached hydrogens (tertiary/aromatic N) is 1. The van der Waals surface area contributed by atoms with Crippen LogP contribution in [-0.4, -0.2) is 37.2 Å². The van der Waals surface area contributed by atoms with E-state index in [1.54, 1.807) is 0 Å². The molecular formula is C13H18F2N2O. The second-order valence-corrected chi connectivity index (χ2v) is 4.67. The predicted octanol–water partition coefficient (Wildman–Crippen LogP) is 1.69. The molecule has 1 fully saturated rings. The summed E-state index contributed by atoms with van der Waals surface area (Å²) in [7, 11) is 0. The van der Waals surface area contributed by atoms with Crippen LogP contribution in [-0.2, 0) is 4.74 Å². The lowest BCUT2D eigenvalue weighted by molar-refractivity contribution is -0.00295. The van der Waals surface area contributed by atoms with E-state index in [1.165, 1.54) is 12.1 Å². The lowest BCUT2D eigenvalue weighted by Gasteiger charge is -2.35. The summed E-state index contributed by atoms with van der Waals surface area (Å²) in [6, 6.07) is 3.84. The van der Waals surface area contributed by atoms with Crippen molar-refractivity contribution in [2.24, 2.45) is 5.73 Å². The summed E-state index contributed by atoms with van der Waals surface area (Å²) in [5.41, 5.74) is 6.20. The maximum absolute atomic E-state index is 13.6. The third-order valence-electron chi connectivity index (χ3n) is 3.32. The van der Waals surface area contributed by atoms with Gasteiger partial charge < -0.3 is 10.5 Å². The van der Waals surface area contributed by atoms with Crippen LogP contribution in [0.15, 0.2) is 18.2 Å². The molecule has 1 saturated heterocycles. The number of nitrogens with two attached hydrogens (primary N) is 1. The summed E-state index contributed by atoms with van der Waals surface area (Å²) in [6.45, 7) is 4.62. The van der Waals surface area contributed by atoms with Gasteiger partial charge in [-0.05, 0) is 13.0 Å². The first-order valence-electron chi connectivity index (χ1n) is 6.11. The van der Waals surface area contributed by atoms with Crippen molar-refractivity contribution in [1.29, 1.82) is 0 Å². The van der Waals surface area contributed by atoms with Crippen LogP contribution in [0.2, 0.25) is 0 Å². The number of morpholine rings is 1. The van der Waals surface area contributed by atoms with Crippen molar-refractivity contribution < 1.29 is 13.5 Å². The Morgan fingerprint density at radius 3 is 3.00 bits per heavy atom. The van der Waals surface area contributed by atoms with E-state index in [-0.39, 0.29) is 11.6 Å². The van der Waals surface area contributed by atoms with Gasteiger partial charge >= 0.3 is 0 Å². The van der Waals surface area contributed by atoms with Crippen molar-refractivity contribution in [2.75, 3.05) is 26.3 Å². The van der Waals surface area contributed by atoms with Crippen LogP contribution < -0.4 is 5.73 Å². The molecule has 1 aliphatic rings. The molecule has 0 aromatic heterocycles. The summed E-state index contributed by atoms with van der Waals surface area (Å²) >= 11 is 0. The predicted molar refractivity (Wildman–Crippen MR) is 65.1 cm³/mol. The normalized spacial score (nSPS) is 23.0. The van der Waals surface area contributed by atoms with Crippen LogP contribution in [0, 0.1) is 11.6 Å². The van der Waals surface area contributed by atoms with Crippen LogP contribution in [0.3, 0.4) is 0 Å². The largest absolute Gasteiger partial charge is 0.379 e. The molecule has 18 heavy (non-hydrogen) atoms.